The summed E-state index contributed by atoms with van der Waals surface area (Å²) in [7, 11) is 0. The van der Waals surface area contributed by atoms with Crippen LogP contribution in [0.5, 0.6) is 0 Å². The Morgan fingerprint density at radius 1 is 1.30 bits per heavy atom. The Morgan fingerprint density at radius 3 is 2.80 bits per heavy atom. The number of halogens is 1. The zero-order chi connectivity index (χ0) is 14.1. The molecule has 0 spiro atoms. The highest BCUT2D eigenvalue weighted by atomic mass is 35.5. The summed E-state index contributed by atoms with van der Waals surface area (Å²) in [5.41, 5.74) is 3.08. The van der Waals surface area contributed by atoms with Crippen molar-refractivity contribution >= 4 is 17.4 Å². The van der Waals surface area contributed by atoms with E-state index in [0.29, 0.717) is 17.6 Å². The molecule has 1 aliphatic carbocycles. The normalized spacial score (nSPS) is 14.3. The molecule has 2 aromatic rings. The molecule has 0 aromatic carbocycles. The number of anilines is 1. The summed E-state index contributed by atoms with van der Waals surface area (Å²) in [4.78, 5) is 13.3. The van der Waals surface area contributed by atoms with Gasteiger partial charge in [0.2, 0.25) is 0 Å². The van der Waals surface area contributed by atoms with E-state index in [9.17, 15) is 0 Å². The fourth-order valence-electron chi connectivity index (χ4n) is 2.07. The van der Waals surface area contributed by atoms with Crippen molar-refractivity contribution in [1.29, 1.82) is 0 Å². The molecule has 1 saturated carbocycles. The van der Waals surface area contributed by atoms with Gasteiger partial charge in [0.05, 0.1) is 12.2 Å². The first-order valence-corrected chi connectivity index (χ1v) is 7.21. The summed E-state index contributed by atoms with van der Waals surface area (Å²) in [5, 5.41) is 3.88. The van der Waals surface area contributed by atoms with Crippen LogP contribution < -0.4 is 5.32 Å². The van der Waals surface area contributed by atoms with E-state index in [-0.39, 0.29) is 0 Å². The molecule has 0 atom stereocenters. The molecule has 4 nitrogen and oxygen atoms in total. The van der Waals surface area contributed by atoms with E-state index in [4.69, 9.17) is 11.6 Å². The highest BCUT2D eigenvalue weighted by Crippen LogP contribution is 2.39. The van der Waals surface area contributed by atoms with Crippen LogP contribution in [0.2, 0.25) is 5.15 Å². The maximum Gasteiger partial charge on any atom is 0.137 e. The summed E-state index contributed by atoms with van der Waals surface area (Å²) >= 11 is 6.20. The predicted octanol–water partition coefficient (Wildman–Crippen LogP) is 3.63. The molecule has 0 unspecified atom stereocenters. The summed E-state index contributed by atoms with van der Waals surface area (Å²) in [6.07, 6.45) is 4.13. The van der Waals surface area contributed by atoms with Crippen molar-refractivity contribution in [2.75, 3.05) is 5.32 Å². The van der Waals surface area contributed by atoms with E-state index in [2.05, 4.69) is 33.3 Å². The lowest BCUT2D eigenvalue weighted by molar-refractivity contribution is 0.905. The SMILES string of the molecule is Cc1cccnc1CNc1nc(C2CC2)nc(Cl)c1C. The van der Waals surface area contributed by atoms with Gasteiger partial charge in [-0.2, -0.15) is 0 Å². The van der Waals surface area contributed by atoms with Gasteiger partial charge in [-0.25, -0.2) is 9.97 Å². The molecule has 0 amide bonds. The second-order valence-corrected chi connectivity index (χ2v) is 5.60. The van der Waals surface area contributed by atoms with Crippen molar-refractivity contribution in [3.63, 3.8) is 0 Å². The molecule has 3 rings (SSSR count). The number of hydrogen-bond acceptors (Lipinski definition) is 4. The molecule has 0 bridgehead atoms. The van der Waals surface area contributed by atoms with Gasteiger partial charge >= 0.3 is 0 Å². The quantitative estimate of drug-likeness (QED) is 0.873. The van der Waals surface area contributed by atoms with Crippen molar-refractivity contribution < 1.29 is 0 Å². The molecule has 1 N–H and O–H groups in total. The van der Waals surface area contributed by atoms with E-state index in [1.54, 1.807) is 6.20 Å². The van der Waals surface area contributed by atoms with Gasteiger partial charge in [-0.1, -0.05) is 17.7 Å². The average molecular weight is 289 g/mol. The maximum atomic E-state index is 6.20. The van der Waals surface area contributed by atoms with Crippen LogP contribution in [0.1, 0.15) is 41.4 Å². The highest BCUT2D eigenvalue weighted by molar-refractivity contribution is 6.30. The van der Waals surface area contributed by atoms with E-state index in [0.717, 1.165) is 35.7 Å². The number of nitrogens with one attached hydrogen (secondary N) is 1. The lowest BCUT2D eigenvalue weighted by Crippen LogP contribution is -2.08. The van der Waals surface area contributed by atoms with Crippen molar-refractivity contribution in [3.8, 4) is 0 Å². The number of nitrogens with zero attached hydrogens (tertiary/aromatic N) is 3. The van der Waals surface area contributed by atoms with Crippen LogP contribution in [-0.2, 0) is 6.54 Å². The first kappa shape index (κ1) is 13.3. The Balaban J connectivity index is 1.81. The van der Waals surface area contributed by atoms with Crippen molar-refractivity contribution in [2.24, 2.45) is 0 Å². The molecule has 0 aliphatic heterocycles. The number of rotatable bonds is 4. The molecule has 20 heavy (non-hydrogen) atoms. The third-order valence-electron chi connectivity index (χ3n) is 3.59. The first-order valence-electron chi connectivity index (χ1n) is 6.83. The Morgan fingerprint density at radius 2 is 2.10 bits per heavy atom. The summed E-state index contributed by atoms with van der Waals surface area (Å²) in [5.74, 6) is 2.17. The van der Waals surface area contributed by atoms with Crippen LogP contribution in [0.3, 0.4) is 0 Å². The van der Waals surface area contributed by atoms with Crippen LogP contribution in [0.4, 0.5) is 5.82 Å². The standard InChI is InChI=1S/C15H17ClN4/c1-9-4-3-7-17-12(9)8-18-14-10(2)13(16)19-15(20-14)11-5-6-11/h3-4,7,11H,5-6,8H2,1-2H3,(H,18,19,20). The minimum absolute atomic E-state index is 0.491. The summed E-state index contributed by atoms with van der Waals surface area (Å²) < 4.78 is 0. The van der Waals surface area contributed by atoms with Crippen LogP contribution in [0.25, 0.3) is 0 Å². The van der Waals surface area contributed by atoms with Crippen LogP contribution in [0, 0.1) is 13.8 Å². The van der Waals surface area contributed by atoms with Gasteiger partial charge in [0, 0.05) is 17.7 Å². The van der Waals surface area contributed by atoms with Crippen LogP contribution in [0.15, 0.2) is 18.3 Å². The summed E-state index contributed by atoms with van der Waals surface area (Å²) in [6.45, 7) is 4.64. The third-order valence-corrected chi connectivity index (χ3v) is 3.96. The van der Waals surface area contributed by atoms with Crippen molar-refractivity contribution in [3.05, 3.63) is 46.1 Å². The molecule has 104 valence electrons. The van der Waals surface area contributed by atoms with Gasteiger partial charge in [-0.05, 0) is 38.3 Å². The molecular weight excluding hydrogens is 272 g/mol. The lowest BCUT2D eigenvalue weighted by Gasteiger charge is -2.12. The minimum Gasteiger partial charge on any atom is -0.364 e. The molecule has 0 radical (unpaired) electrons. The Kier molecular flexibility index (Phi) is 3.57. The number of hydrogen-bond donors (Lipinski definition) is 1. The second-order valence-electron chi connectivity index (χ2n) is 5.24. The number of aromatic nitrogens is 3. The van der Waals surface area contributed by atoms with Gasteiger partial charge in [0.15, 0.2) is 0 Å². The minimum atomic E-state index is 0.491. The zero-order valence-corrected chi connectivity index (χ0v) is 12.4. The number of aryl methyl sites for hydroxylation is 1. The Labute approximate surface area is 123 Å². The molecule has 5 heteroatoms. The van der Waals surface area contributed by atoms with Crippen molar-refractivity contribution in [1.82, 2.24) is 15.0 Å². The average Bonchev–Trinajstić information content (AvgIpc) is 3.26. The molecule has 2 aromatic heterocycles. The van der Waals surface area contributed by atoms with E-state index in [1.807, 2.05) is 13.0 Å². The first-order chi connectivity index (χ1) is 9.65. The van der Waals surface area contributed by atoms with Crippen LogP contribution in [-0.4, -0.2) is 15.0 Å². The van der Waals surface area contributed by atoms with Crippen molar-refractivity contribution in [2.45, 2.75) is 39.2 Å². The maximum absolute atomic E-state index is 6.20. The zero-order valence-electron chi connectivity index (χ0n) is 11.7. The fourth-order valence-corrected chi connectivity index (χ4v) is 2.25. The molecular formula is C15H17ClN4. The van der Waals surface area contributed by atoms with Gasteiger partial charge in [-0.3, -0.25) is 4.98 Å². The van der Waals surface area contributed by atoms with Gasteiger partial charge in [0.1, 0.15) is 16.8 Å². The molecule has 1 fully saturated rings. The van der Waals surface area contributed by atoms with Gasteiger partial charge in [0.25, 0.3) is 0 Å². The Hall–Kier alpha value is -1.68. The monoisotopic (exact) mass is 288 g/mol. The molecule has 0 saturated heterocycles. The summed E-state index contributed by atoms with van der Waals surface area (Å²) in [6, 6.07) is 4.00. The molecule has 2 heterocycles. The molecule has 1 aliphatic rings. The Bertz CT molecular complexity index is 638. The smallest absolute Gasteiger partial charge is 0.137 e. The largest absolute Gasteiger partial charge is 0.364 e. The van der Waals surface area contributed by atoms with Gasteiger partial charge in [-0.15, -0.1) is 0 Å². The highest BCUT2D eigenvalue weighted by Gasteiger charge is 2.28. The predicted molar refractivity (Wildman–Crippen MR) is 80.1 cm³/mol. The second kappa shape index (κ2) is 5.37. The topological polar surface area (TPSA) is 50.7 Å². The van der Waals surface area contributed by atoms with E-state index in [1.165, 1.54) is 5.56 Å². The van der Waals surface area contributed by atoms with E-state index < -0.39 is 0 Å². The van der Waals surface area contributed by atoms with Gasteiger partial charge < -0.3 is 5.32 Å². The number of pyridine rings is 1. The van der Waals surface area contributed by atoms with Crippen LogP contribution >= 0.6 is 11.6 Å². The lowest BCUT2D eigenvalue weighted by atomic mass is 10.2. The third kappa shape index (κ3) is 2.75. The fraction of sp³-hybridized carbons (Fsp3) is 0.400. The van der Waals surface area contributed by atoms with E-state index >= 15 is 0 Å².